The maximum atomic E-state index is 10.7. The number of hydrogen-bond donors (Lipinski definition) is 0. The molecule has 0 aromatic heterocycles. The molecule has 5 aliphatic rings. The molecule has 15 heavy (non-hydrogen) atoms. The molecule has 80 valence electrons. The highest BCUT2D eigenvalue weighted by atomic mass is 16.5. The molecule has 0 aliphatic heterocycles. The summed E-state index contributed by atoms with van der Waals surface area (Å²) in [7, 11) is 0. The van der Waals surface area contributed by atoms with Crippen molar-refractivity contribution in [3.8, 4) is 0 Å². The summed E-state index contributed by atoms with van der Waals surface area (Å²) >= 11 is 0. The third kappa shape index (κ3) is 0.889. The van der Waals surface area contributed by atoms with Gasteiger partial charge in [-0.1, -0.05) is 11.6 Å². The van der Waals surface area contributed by atoms with Crippen LogP contribution in [-0.4, -0.2) is 12.6 Å². The van der Waals surface area contributed by atoms with Crippen molar-refractivity contribution in [1.29, 1.82) is 0 Å². The van der Waals surface area contributed by atoms with Crippen molar-refractivity contribution in [2.45, 2.75) is 19.8 Å². The molecule has 5 rings (SSSR count). The Morgan fingerprint density at radius 1 is 1.47 bits per heavy atom. The Morgan fingerprint density at radius 2 is 2.33 bits per heavy atom. The van der Waals surface area contributed by atoms with E-state index in [1.54, 1.807) is 5.57 Å². The van der Waals surface area contributed by atoms with Gasteiger partial charge in [-0.15, -0.1) is 0 Å². The Labute approximate surface area is 89.7 Å². The Balaban J connectivity index is 1.44. The van der Waals surface area contributed by atoms with Gasteiger partial charge >= 0.3 is 5.97 Å². The minimum atomic E-state index is -0.146. The van der Waals surface area contributed by atoms with Crippen molar-refractivity contribution in [3.05, 3.63) is 11.6 Å². The molecule has 4 saturated carbocycles. The monoisotopic (exact) mass is 204 g/mol. The quantitative estimate of drug-likeness (QED) is 0.519. The van der Waals surface area contributed by atoms with Gasteiger partial charge in [0.1, 0.15) is 0 Å². The smallest absolute Gasteiger partial charge is 0.302 e. The van der Waals surface area contributed by atoms with Gasteiger partial charge in [-0.3, -0.25) is 4.79 Å². The van der Waals surface area contributed by atoms with Gasteiger partial charge in [-0.2, -0.15) is 0 Å². The number of carbonyl (C=O) groups excluding carboxylic acids is 1. The van der Waals surface area contributed by atoms with Crippen molar-refractivity contribution in [2.24, 2.45) is 35.5 Å². The average Bonchev–Trinajstić information content (AvgIpc) is 2.56. The molecule has 0 N–H and O–H groups in total. The molecular weight excluding hydrogens is 188 g/mol. The van der Waals surface area contributed by atoms with Gasteiger partial charge < -0.3 is 4.74 Å². The second-order valence-corrected chi connectivity index (χ2v) is 5.65. The second-order valence-electron chi connectivity index (χ2n) is 5.65. The Hall–Kier alpha value is -0.790. The van der Waals surface area contributed by atoms with Crippen LogP contribution in [0.5, 0.6) is 0 Å². The van der Waals surface area contributed by atoms with E-state index in [9.17, 15) is 4.79 Å². The van der Waals surface area contributed by atoms with Crippen molar-refractivity contribution in [3.63, 3.8) is 0 Å². The van der Waals surface area contributed by atoms with E-state index in [4.69, 9.17) is 4.74 Å². The van der Waals surface area contributed by atoms with Crippen LogP contribution in [0.15, 0.2) is 11.6 Å². The third-order valence-corrected chi connectivity index (χ3v) is 5.18. The zero-order chi connectivity index (χ0) is 10.2. The lowest BCUT2D eigenvalue weighted by molar-refractivity contribution is -0.140. The summed E-state index contributed by atoms with van der Waals surface area (Å²) in [6, 6.07) is 0. The molecule has 0 heterocycles. The maximum Gasteiger partial charge on any atom is 0.302 e. The van der Waals surface area contributed by atoms with Crippen molar-refractivity contribution in [1.82, 2.24) is 0 Å². The summed E-state index contributed by atoms with van der Waals surface area (Å²) in [5, 5.41) is 0. The summed E-state index contributed by atoms with van der Waals surface area (Å²) in [6.45, 7) is 2.09. The number of rotatable bonds is 3. The number of ether oxygens (including phenoxy) is 1. The van der Waals surface area contributed by atoms with E-state index in [1.165, 1.54) is 13.3 Å². The average molecular weight is 204 g/mol. The minimum absolute atomic E-state index is 0.146. The van der Waals surface area contributed by atoms with Crippen LogP contribution in [0.25, 0.3) is 0 Å². The standard InChI is InChI=1S/C13H16O2/c1-6(14)15-3-2-7-4-8-9-5-10-12(8)13(10)11(7)9/h4,8-13H,2-3,5H2,1H3/t8-,9-,10+,11+,12-,13-/m1/s1. The number of hydrogen-bond acceptors (Lipinski definition) is 2. The molecule has 6 bridgehead atoms. The Bertz CT molecular complexity index is 371. The number of carbonyl (C=O) groups is 1. The minimum Gasteiger partial charge on any atom is -0.466 e. The first-order chi connectivity index (χ1) is 7.27. The second kappa shape index (κ2) is 2.47. The van der Waals surface area contributed by atoms with Gasteiger partial charge in [0.2, 0.25) is 0 Å². The van der Waals surface area contributed by atoms with E-state index >= 15 is 0 Å². The van der Waals surface area contributed by atoms with Gasteiger partial charge in [0.15, 0.2) is 0 Å². The predicted molar refractivity (Wildman–Crippen MR) is 54.9 cm³/mol. The molecule has 2 nitrogen and oxygen atoms in total. The van der Waals surface area contributed by atoms with Crippen molar-refractivity contribution < 1.29 is 9.53 Å². The van der Waals surface area contributed by atoms with E-state index < -0.39 is 0 Å². The van der Waals surface area contributed by atoms with Crippen molar-refractivity contribution in [2.75, 3.05) is 6.61 Å². The third-order valence-electron chi connectivity index (χ3n) is 5.18. The van der Waals surface area contributed by atoms with Gasteiger partial charge in [-0.05, 0) is 41.9 Å². The van der Waals surface area contributed by atoms with E-state index in [2.05, 4.69) is 6.08 Å². The van der Waals surface area contributed by atoms with Gasteiger partial charge in [-0.25, -0.2) is 0 Å². The molecule has 0 radical (unpaired) electrons. The predicted octanol–water partition coefficient (Wildman–Crippen LogP) is 2.01. The zero-order valence-electron chi connectivity index (χ0n) is 8.98. The molecule has 0 aromatic carbocycles. The largest absolute Gasteiger partial charge is 0.466 e. The first-order valence-corrected chi connectivity index (χ1v) is 6.11. The zero-order valence-corrected chi connectivity index (χ0v) is 8.98. The molecule has 0 amide bonds. The lowest BCUT2D eigenvalue weighted by atomic mass is 9.93. The molecule has 6 atom stereocenters. The van der Waals surface area contributed by atoms with Crippen molar-refractivity contribution >= 4 is 5.97 Å². The van der Waals surface area contributed by atoms with Crippen LogP contribution in [0, 0.1) is 35.5 Å². The lowest BCUT2D eigenvalue weighted by Gasteiger charge is -2.14. The maximum absolute atomic E-state index is 10.7. The number of allylic oxidation sites excluding steroid dienone is 1. The molecule has 0 unspecified atom stereocenters. The lowest BCUT2D eigenvalue weighted by Crippen LogP contribution is -2.08. The topological polar surface area (TPSA) is 26.3 Å². The van der Waals surface area contributed by atoms with E-state index in [-0.39, 0.29) is 5.97 Å². The van der Waals surface area contributed by atoms with E-state index in [1.807, 2.05) is 0 Å². The van der Waals surface area contributed by atoms with Crippen LogP contribution in [-0.2, 0) is 9.53 Å². The summed E-state index contributed by atoms with van der Waals surface area (Å²) in [4.78, 5) is 10.7. The highest BCUT2D eigenvalue weighted by molar-refractivity contribution is 5.65. The van der Waals surface area contributed by atoms with Crippen LogP contribution in [0.2, 0.25) is 0 Å². The van der Waals surface area contributed by atoms with Crippen LogP contribution >= 0.6 is 0 Å². The summed E-state index contributed by atoms with van der Waals surface area (Å²) in [5.41, 5.74) is 1.62. The fourth-order valence-electron chi connectivity index (χ4n) is 4.90. The molecule has 2 heteroatoms. The van der Waals surface area contributed by atoms with Crippen LogP contribution in [0.1, 0.15) is 19.8 Å². The molecule has 5 aliphatic carbocycles. The fraction of sp³-hybridized carbons (Fsp3) is 0.769. The number of esters is 1. The Morgan fingerprint density at radius 3 is 2.93 bits per heavy atom. The molecule has 0 spiro atoms. The van der Waals surface area contributed by atoms with Crippen LogP contribution in [0.4, 0.5) is 0 Å². The van der Waals surface area contributed by atoms with Gasteiger partial charge in [0, 0.05) is 13.3 Å². The fourth-order valence-corrected chi connectivity index (χ4v) is 4.90. The summed E-state index contributed by atoms with van der Waals surface area (Å²) in [5.74, 6) is 5.91. The SMILES string of the molecule is CC(=O)OCCC1=C[C@@H]2[C@H]3C[C@H]4[C@@H]2[C@H]4[C@@H]13. The molecular formula is C13H16O2. The molecule has 0 aromatic rings. The van der Waals surface area contributed by atoms with Gasteiger partial charge in [0.05, 0.1) is 6.61 Å². The van der Waals surface area contributed by atoms with Crippen LogP contribution < -0.4 is 0 Å². The highest BCUT2D eigenvalue weighted by Crippen LogP contribution is 2.80. The summed E-state index contributed by atoms with van der Waals surface area (Å²) < 4.78 is 5.03. The first kappa shape index (κ1) is 8.37. The molecule has 0 saturated heterocycles. The highest BCUT2D eigenvalue weighted by Gasteiger charge is 2.75. The Kier molecular flexibility index (Phi) is 1.38. The summed E-state index contributed by atoms with van der Waals surface area (Å²) in [6.07, 6.45) is 5.01. The van der Waals surface area contributed by atoms with Gasteiger partial charge in [0.25, 0.3) is 0 Å². The van der Waals surface area contributed by atoms with Crippen LogP contribution in [0.3, 0.4) is 0 Å². The normalized spacial score (nSPS) is 51.9. The molecule has 4 fully saturated rings. The van der Waals surface area contributed by atoms with E-state index in [0.717, 1.165) is 41.9 Å². The van der Waals surface area contributed by atoms with E-state index in [0.29, 0.717) is 6.61 Å². The first-order valence-electron chi connectivity index (χ1n) is 6.11.